The lowest BCUT2D eigenvalue weighted by atomic mass is 10.1. The molecular weight excluding hydrogens is 344 g/mol. The van der Waals surface area contributed by atoms with E-state index in [-0.39, 0.29) is 12.6 Å². The summed E-state index contributed by atoms with van der Waals surface area (Å²) in [5, 5.41) is 9.58. The first-order chi connectivity index (χ1) is 13.3. The topological polar surface area (TPSA) is 71.0 Å². The maximum Gasteiger partial charge on any atom is 0.257 e. The van der Waals surface area contributed by atoms with Gasteiger partial charge in [-0.1, -0.05) is 18.2 Å². The van der Waals surface area contributed by atoms with Crippen molar-refractivity contribution in [3.05, 3.63) is 42.2 Å². The molecule has 0 spiro atoms. The molecule has 0 bridgehead atoms. The number of rotatable bonds is 8. The molecule has 2 heterocycles. The Morgan fingerprint density at radius 2 is 2.00 bits per heavy atom. The van der Waals surface area contributed by atoms with Gasteiger partial charge in [0.05, 0.1) is 13.7 Å². The lowest BCUT2D eigenvalue weighted by Gasteiger charge is -2.42. The molecule has 0 aliphatic carbocycles. The van der Waals surface area contributed by atoms with E-state index < -0.39 is 0 Å². The van der Waals surface area contributed by atoms with E-state index in [2.05, 4.69) is 25.8 Å². The molecular formula is C20H28N4O3. The third-order valence-corrected chi connectivity index (χ3v) is 4.85. The van der Waals surface area contributed by atoms with Crippen LogP contribution in [0.5, 0.6) is 11.6 Å². The van der Waals surface area contributed by atoms with E-state index in [4.69, 9.17) is 9.47 Å². The zero-order valence-corrected chi connectivity index (χ0v) is 16.0. The van der Waals surface area contributed by atoms with Crippen molar-refractivity contribution in [1.82, 2.24) is 14.9 Å². The first-order valence-corrected chi connectivity index (χ1v) is 9.42. The molecule has 2 aromatic rings. The second-order valence-corrected chi connectivity index (χ2v) is 6.51. The monoisotopic (exact) mass is 372 g/mol. The van der Waals surface area contributed by atoms with Crippen LogP contribution < -0.4 is 14.4 Å². The predicted molar refractivity (Wildman–Crippen MR) is 104 cm³/mol. The number of anilines is 1. The minimum absolute atomic E-state index is 0.152. The first-order valence-electron chi connectivity index (χ1n) is 9.42. The van der Waals surface area contributed by atoms with Gasteiger partial charge in [-0.2, -0.15) is 0 Å². The van der Waals surface area contributed by atoms with Crippen molar-refractivity contribution in [3.8, 4) is 11.6 Å². The number of ether oxygens (including phenoxy) is 2. The molecule has 1 aliphatic rings. The van der Waals surface area contributed by atoms with Gasteiger partial charge in [0.1, 0.15) is 5.75 Å². The van der Waals surface area contributed by atoms with Gasteiger partial charge in [-0.25, -0.2) is 9.97 Å². The molecule has 1 aliphatic heterocycles. The normalized spacial score (nSPS) is 17.7. The standard InChI is InChI=1S/C20H28N4O3/c1-3-27-18-7-5-4-6-16(18)14-23-11-12-24(15-17(23)8-13-25)19-20(26-2)22-10-9-21-19/h4-7,9-10,17,25H,3,8,11-15H2,1-2H3. The van der Waals surface area contributed by atoms with Gasteiger partial charge in [0.25, 0.3) is 5.88 Å². The summed E-state index contributed by atoms with van der Waals surface area (Å²) >= 11 is 0. The van der Waals surface area contributed by atoms with E-state index in [1.54, 1.807) is 19.5 Å². The van der Waals surface area contributed by atoms with Gasteiger partial charge in [-0.3, -0.25) is 4.90 Å². The van der Waals surface area contributed by atoms with Crippen molar-refractivity contribution >= 4 is 5.82 Å². The van der Waals surface area contributed by atoms with Crippen molar-refractivity contribution in [2.75, 3.05) is 44.9 Å². The number of piperazine rings is 1. The second kappa shape index (κ2) is 9.53. The van der Waals surface area contributed by atoms with E-state index in [0.717, 1.165) is 37.7 Å². The van der Waals surface area contributed by atoms with Crippen LogP contribution in [0.15, 0.2) is 36.7 Å². The quantitative estimate of drug-likeness (QED) is 0.759. The van der Waals surface area contributed by atoms with Gasteiger partial charge in [0.2, 0.25) is 0 Å². The van der Waals surface area contributed by atoms with Gasteiger partial charge < -0.3 is 19.5 Å². The number of methoxy groups -OCH3 is 1. The maximum absolute atomic E-state index is 9.58. The van der Waals surface area contributed by atoms with Crippen LogP contribution in [0.2, 0.25) is 0 Å². The Bertz CT molecular complexity index is 728. The minimum Gasteiger partial charge on any atom is -0.494 e. The maximum atomic E-state index is 9.58. The van der Waals surface area contributed by atoms with E-state index in [1.165, 1.54) is 5.56 Å². The van der Waals surface area contributed by atoms with Crippen molar-refractivity contribution in [2.45, 2.75) is 25.9 Å². The van der Waals surface area contributed by atoms with Crippen LogP contribution in [-0.4, -0.2) is 66.0 Å². The Kier molecular flexibility index (Phi) is 6.84. The highest BCUT2D eigenvalue weighted by Gasteiger charge is 2.29. The first kappa shape index (κ1) is 19.4. The fourth-order valence-electron chi connectivity index (χ4n) is 3.54. The summed E-state index contributed by atoms with van der Waals surface area (Å²) < 4.78 is 11.1. The molecule has 0 radical (unpaired) electrons. The fourth-order valence-corrected chi connectivity index (χ4v) is 3.54. The zero-order valence-electron chi connectivity index (χ0n) is 16.0. The lowest BCUT2D eigenvalue weighted by molar-refractivity contribution is 0.133. The van der Waals surface area contributed by atoms with Crippen LogP contribution in [0.1, 0.15) is 18.9 Å². The van der Waals surface area contributed by atoms with Crippen molar-refractivity contribution in [2.24, 2.45) is 0 Å². The average molecular weight is 372 g/mol. The molecule has 3 rings (SSSR count). The second-order valence-electron chi connectivity index (χ2n) is 6.51. The van der Waals surface area contributed by atoms with Gasteiger partial charge in [0, 0.05) is 56.8 Å². The molecule has 7 heteroatoms. The lowest BCUT2D eigenvalue weighted by Crippen LogP contribution is -2.53. The number of para-hydroxylation sites is 1. The SMILES string of the molecule is CCOc1ccccc1CN1CCN(c2nccnc2OC)CC1CCO. The van der Waals surface area contributed by atoms with Crippen molar-refractivity contribution in [1.29, 1.82) is 0 Å². The summed E-state index contributed by atoms with van der Waals surface area (Å²) in [5.74, 6) is 2.23. The number of benzene rings is 1. The Hall–Kier alpha value is -2.38. The molecule has 27 heavy (non-hydrogen) atoms. The summed E-state index contributed by atoms with van der Waals surface area (Å²) in [5.41, 5.74) is 1.17. The van der Waals surface area contributed by atoms with Crippen LogP contribution in [0.4, 0.5) is 5.82 Å². The third kappa shape index (κ3) is 4.67. The molecule has 0 amide bonds. The summed E-state index contributed by atoms with van der Waals surface area (Å²) in [6.07, 6.45) is 4.02. The fraction of sp³-hybridized carbons (Fsp3) is 0.500. The molecule has 1 aromatic heterocycles. The van der Waals surface area contributed by atoms with E-state index >= 15 is 0 Å². The van der Waals surface area contributed by atoms with Crippen LogP contribution in [-0.2, 0) is 6.54 Å². The minimum atomic E-state index is 0.152. The molecule has 1 fully saturated rings. The predicted octanol–water partition coefficient (Wildman–Crippen LogP) is 1.96. The highest BCUT2D eigenvalue weighted by molar-refractivity contribution is 5.48. The van der Waals surface area contributed by atoms with Crippen LogP contribution >= 0.6 is 0 Å². The van der Waals surface area contributed by atoms with E-state index in [0.29, 0.717) is 18.9 Å². The summed E-state index contributed by atoms with van der Waals surface area (Å²) in [7, 11) is 1.61. The number of aliphatic hydroxyl groups is 1. The highest BCUT2D eigenvalue weighted by atomic mass is 16.5. The van der Waals surface area contributed by atoms with Crippen molar-refractivity contribution < 1.29 is 14.6 Å². The van der Waals surface area contributed by atoms with E-state index in [9.17, 15) is 5.11 Å². The van der Waals surface area contributed by atoms with Gasteiger partial charge >= 0.3 is 0 Å². The number of hydrogen-bond acceptors (Lipinski definition) is 7. The zero-order chi connectivity index (χ0) is 19.1. The highest BCUT2D eigenvalue weighted by Crippen LogP contribution is 2.28. The smallest absolute Gasteiger partial charge is 0.257 e. The average Bonchev–Trinajstić information content (AvgIpc) is 2.71. The van der Waals surface area contributed by atoms with Crippen LogP contribution in [0.3, 0.4) is 0 Å². The Morgan fingerprint density at radius 3 is 2.78 bits per heavy atom. The number of aromatic nitrogens is 2. The molecule has 1 unspecified atom stereocenters. The van der Waals surface area contributed by atoms with E-state index in [1.807, 2.05) is 25.1 Å². The largest absolute Gasteiger partial charge is 0.494 e. The molecule has 1 saturated heterocycles. The molecule has 146 valence electrons. The number of hydrogen-bond donors (Lipinski definition) is 1. The van der Waals surface area contributed by atoms with Gasteiger partial charge in [-0.15, -0.1) is 0 Å². The Balaban J connectivity index is 1.75. The number of aliphatic hydroxyl groups excluding tert-OH is 1. The molecule has 1 N–H and O–H groups in total. The third-order valence-electron chi connectivity index (χ3n) is 4.85. The van der Waals surface area contributed by atoms with Gasteiger partial charge in [-0.05, 0) is 19.4 Å². The number of nitrogens with zero attached hydrogens (tertiary/aromatic N) is 4. The Morgan fingerprint density at radius 1 is 1.19 bits per heavy atom. The molecule has 0 saturated carbocycles. The van der Waals surface area contributed by atoms with Crippen molar-refractivity contribution in [3.63, 3.8) is 0 Å². The van der Waals surface area contributed by atoms with Gasteiger partial charge in [0.15, 0.2) is 5.82 Å². The molecule has 1 aromatic carbocycles. The van der Waals surface area contributed by atoms with Crippen LogP contribution in [0.25, 0.3) is 0 Å². The molecule has 7 nitrogen and oxygen atoms in total. The molecule has 1 atom stereocenters. The summed E-state index contributed by atoms with van der Waals surface area (Å²) in [4.78, 5) is 13.3. The summed E-state index contributed by atoms with van der Waals surface area (Å²) in [6, 6.07) is 8.38. The summed E-state index contributed by atoms with van der Waals surface area (Å²) in [6.45, 7) is 6.06. The van der Waals surface area contributed by atoms with Crippen LogP contribution in [0, 0.1) is 0 Å². The Labute approximate surface area is 160 Å².